The van der Waals surface area contributed by atoms with Gasteiger partial charge in [-0.05, 0) is 60.2 Å². The molecule has 0 bridgehead atoms. The highest BCUT2D eigenvalue weighted by atomic mass is 19.4. The molecule has 3 rings (SSSR count). The molecule has 1 heterocycles. The molecule has 1 atom stereocenters. The second-order valence-corrected chi connectivity index (χ2v) is 6.68. The lowest BCUT2D eigenvalue weighted by atomic mass is 10.0. The van der Waals surface area contributed by atoms with Crippen molar-refractivity contribution in [2.24, 2.45) is 5.73 Å². The van der Waals surface area contributed by atoms with E-state index in [1.807, 2.05) is 0 Å². The van der Waals surface area contributed by atoms with Crippen LogP contribution in [0, 0.1) is 11.3 Å². The first kappa shape index (κ1) is 22.7. The number of ether oxygens (including phenoxy) is 1. The Kier molecular flexibility index (Phi) is 6.43. The van der Waals surface area contributed by atoms with Crippen LogP contribution in [0.15, 0.2) is 54.6 Å². The Balaban J connectivity index is 1.94. The van der Waals surface area contributed by atoms with Gasteiger partial charge in [0.15, 0.2) is 0 Å². The maximum Gasteiger partial charge on any atom is 0.420 e. The van der Waals surface area contributed by atoms with Crippen molar-refractivity contribution in [2.75, 3.05) is 6.61 Å². The fourth-order valence-electron chi connectivity index (χ4n) is 2.85. The van der Waals surface area contributed by atoms with Crippen molar-refractivity contribution < 1.29 is 32.9 Å². The number of nitriles is 1. The van der Waals surface area contributed by atoms with E-state index in [0.29, 0.717) is 11.6 Å². The number of hydrogen-bond acceptors (Lipinski definition) is 6. The van der Waals surface area contributed by atoms with Crippen molar-refractivity contribution >= 4 is 5.91 Å². The number of pyridine rings is 1. The van der Waals surface area contributed by atoms with Gasteiger partial charge in [-0.1, -0.05) is 0 Å². The number of aliphatic hydroxyl groups is 2. The molecule has 0 aliphatic carbocycles. The molecule has 164 valence electrons. The van der Waals surface area contributed by atoms with Crippen LogP contribution >= 0.6 is 0 Å². The maximum absolute atomic E-state index is 13.3. The zero-order chi connectivity index (χ0) is 23.5. The number of primary amides is 1. The molecule has 4 N–H and O–H groups in total. The number of carbonyl (C=O) groups is 1. The van der Waals surface area contributed by atoms with Crippen LogP contribution in [-0.2, 0) is 6.18 Å². The molecule has 0 spiro atoms. The summed E-state index contributed by atoms with van der Waals surface area (Å²) in [7, 11) is 0. The first-order valence-corrected chi connectivity index (χ1v) is 9.12. The van der Waals surface area contributed by atoms with Crippen LogP contribution in [0.3, 0.4) is 0 Å². The highest BCUT2D eigenvalue weighted by molar-refractivity contribution is 5.91. The fraction of sp³-hybridized carbons (Fsp3) is 0.136. The molecule has 0 radical (unpaired) electrons. The van der Waals surface area contributed by atoms with Crippen LogP contribution in [0.25, 0.3) is 11.3 Å². The van der Waals surface area contributed by atoms with Crippen molar-refractivity contribution in [1.29, 1.82) is 5.26 Å². The third kappa shape index (κ3) is 5.03. The van der Waals surface area contributed by atoms with E-state index in [2.05, 4.69) is 4.98 Å². The minimum absolute atomic E-state index is 0.0885. The summed E-state index contributed by atoms with van der Waals surface area (Å²) in [5.74, 6) is -1.21. The smallest absolute Gasteiger partial charge is 0.420 e. The normalized spacial score (nSPS) is 12.1. The number of carbonyl (C=O) groups excluding carboxylic acids is 1. The summed E-state index contributed by atoms with van der Waals surface area (Å²) in [4.78, 5) is 15.7. The minimum Gasteiger partial charge on any atom is -0.457 e. The van der Waals surface area contributed by atoms with Gasteiger partial charge in [-0.25, -0.2) is 4.98 Å². The lowest BCUT2D eigenvalue weighted by Gasteiger charge is -2.14. The fourth-order valence-corrected chi connectivity index (χ4v) is 2.85. The molecule has 3 aromatic rings. The van der Waals surface area contributed by atoms with Crippen molar-refractivity contribution in [1.82, 2.24) is 4.98 Å². The Morgan fingerprint density at radius 2 is 1.84 bits per heavy atom. The molecule has 0 aliphatic heterocycles. The van der Waals surface area contributed by atoms with Crippen LogP contribution in [0.4, 0.5) is 13.2 Å². The Hall–Kier alpha value is -3.94. The van der Waals surface area contributed by atoms with E-state index in [-0.39, 0.29) is 28.3 Å². The summed E-state index contributed by atoms with van der Waals surface area (Å²) < 4.78 is 45.3. The second kappa shape index (κ2) is 9.05. The van der Waals surface area contributed by atoms with E-state index in [1.165, 1.54) is 42.5 Å². The van der Waals surface area contributed by atoms with Crippen molar-refractivity contribution in [3.8, 4) is 28.8 Å². The van der Waals surface area contributed by atoms with Gasteiger partial charge in [0, 0.05) is 5.56 Å². The van der Waals surface area contributed by atoms with Gasteiger partial charge in [-0.15, -0.1) is 0 Å². The van der Waals surface area contributed by atoms with Crippen molar-refractivity contribution in [3.63, 3.8) is 0 Å². The van der Waals surface area contributed by atoms with E-state index < -0.39 is 36.1 Å². The van der Waals surface area contributed by atoms with Crippen LogP contribution in [0.1, 0.15) is 33.3 Å². The van der Waals surface area contributed by atoms with Crippen molar-refractivity contribution in [2.45, 2.75) is 12.3 Å². The van der Waals surface area contributed by atoms with Crippen LogP contribution < -0.4 is 10.5 Å². The molecule has 1 aromatic heterocycles. The molecule has 0 fully saturated rings. The van der Waals surface area contributed by atoms with Gasteiger partial charge in [-0.3, -0.25) is 4.79 Å². The summed E-state index contributed by atoms with van der Waals surface area (Å²) in [6, 6.07) is 13.1. The Morgan fingerprint density at radius 3 is 2.41 bits per heavy atom. The van der Waals surface area contributed by atoms with Gasteiger partial charge in [0.2, 0.25) is 0 Å². The third-order valence-corrected chi connectivity index (χ3v) is 4.45. The molecule has 2 aromatic carbocycles. The summed E-state index contributed by atoms with van der Waals surface area (Å²) in [5, 5.41) is 27.9. The monoisotopic (exact) mass is 443 g/mol. The zero-order valence-electron chi connectivity index (χ0n) is 16.3. The van der Waals surface area contributed by atoms with Crippen molar-refractivity contribution in [3.05, 3.63) is 77.0 Å². The summed E-state index contributed by atoms with van der Waals surface area (Å²) in [6.45, 7) is -0.583. The molecule has 1 amide bonds. The van der Waals surface area contributed by atoms with Gasteiger partial charge < -0.3 is 20.7 Å². The first-order chi connectivity index (χ1) is 15.1. The number of amides is 1. The van der Waals surface area contributed by atoms with Gasteiger partial charge in [0.1, 0.15) is 23.3 Å². The van der Waals surface area contributed by atoms with E-state index >= 15 is 0 Å². The van der Waals surface area contributed by atoms with Gasteiger partial charge >= 0.3 is 6.18 Å². The highest BCUT2D eigenvalue weighted by Gasteiger charge is 2.35. The van der Waals surface area contributed by atoms with Gasteiger partial charge in [-0.2, -0.15) is 18.4 Å². The summed E-state index contributed by atoms with van der Waals surface area (Å²) in [6.07, 6.45) is -5.97. The second-order valence-electron chi connectivity index (χ2n) is 6.68. The molecule has 7 nitrogen and oxygen atoms in total. The lowest BCUT2D eigenvalue weighted by Crippen LogP contribution is -2.15. The molecular formula is C22H16F3N3O4. The Bertz CT molecular complexity index is 1190. The van der Waals surface area contributed by atoms with Crippen LogP contribution in [-0.4, -0.2) is 27.7 Å². The minimum atomic E-state index is -4.72. The topological polar surface area (TPSA) is 129 Å². The number of rotatable bonds is 6. The predicted octanol–water partition coefficient (Wildman–Crippen LogP) is 3.56. The Labute approximate surface area is 180 Å². The summed E-state index contributed by atoms with van der Waals surface area (Å²) >= 11 is 0. The van der Waals surface area contributed by atoms with Crippen LogP contribution in [0.5, 0.6) is 11.5 Å². The molecule has 10 heteroatoms. The lowest BCUT2D eigenvalue weighted by molar-refractivity contribution is -0.138. The van der Waals surface area contributed by atoms with Gasteiger partial charge in [0.25, 0.3) is 5.91 Å². The van der Waals surface area contributed by atoms with E-state index in [4.69, 9.17) is 20.8 Å². The highest BCUT2D eigenvalue weighted by Crippen LogP contribution is 2.39. The largest absolute Gasteiger partial charge is 0.457 e. The molecule has 0 saturated heterocycles. The maximum atomic E-state index is 13.3. The predicted molar refractivity (Wildman–Crippen MR) is 106 cm³/mol. The summed E-state index contributed by atoms with van der Waals surface area (Å²) in [5.41, 5.74) is 4.85. The number of aromatic nitrogens is 1. The number of halogens is 3. The Morgan fingerprint density at radius 1 is 1.16 bits per heavy atom. The number of aliphatic hydroxyl groups excluding tert-OH is 2. The van der Waals surface area contributed by atoms with Gasteiger partial charge in [0.05, 0.1) is 29.5 Å². The number of nitrogens with zero attached hydrogens (tertiary/aromatic N) is 2. The molecule has 0 saturated carbocycles. The first-order valence-electron chi connectivity index (χ1n) is 9.12. The number of nitrogens with two attached hydrogens (primary N) is 1. The van der Waals surface area contributed by atoms with E-state index in [1.54, 1.807) is 6.07 Å². The van der Waals surface area contributed by atoms with E-state index in [0.717, 1.165) is 6.07 Å². The number of alkyl halides is 3. The third-order valence-electron chi connectivity index (χ3n) is 4.45. The number of benzene rings is 2. The molecular weight excluding hydrogens is 427 g/mol. The molecule has 32 heavy (non-hydrogen) atoms. The quantitative estimate of drug-likeness (QED) is 0.534. The standard InChI is InChI=1S/C22H16F3N3O4/c23-22(24,25)16-7-12(10-26)1-6-20(16)32-15-4-2-13(3-5-15)17-8-14(19(30)11-29)9-18(28-17)21(27)31/h1-9,19,29-30H,11H2,(H2,27,31)/t19-/m0/s1. The zero-order valence-corrected chi connectivity index (χ0v) is 16.3. The van der Waals surface area contributed by atoms with Crippen LogP contribution in [0.2, 0.25) is 0 Å². The van der Waals surface area contributed by atoms with E-state index in [9.17, 15) is 23.1 Å². The average molecular weight is 443 g/mol. The number of hydrogen-bond donors (Lipinski definition) is 3. The molecule has 0 aliphatic rings. The SMILES string of the molecule is N#Cc1ccc(Oc2ccc(-c3cc([C@@H](O)CO)cc(C(N)=O)n3)cc2)c(C(F)(F)F)c1. The molecule has 0 unspecified atom stereocenters. The average Bonchev–Trinajstić information content (AvgIpc) is 2.78.